The highest BCUT2D eigenvalue weighted by molar-refractivity contribution is 5.84. The molecule has 1 heterocycles. The molecule has 0 bridgehead atoms. The number of hydrogen-bond donors (Lipinski definition) is 3. The fourth-order valence-corrected chi connectivity index (χ4v) is 10.0. The van der Waals surface area contributed by atoms with Gasteiger partial charge in [0.2, 0.25) is 0 Å². The Morgan fingerprint density at radius 2 is 1.61 bits per heavy atom. The van der Waals surface area contributed by atoms with Gasteiger partial charge in [0, 0.05) is 40.8 Å². The molecule has 7 rings (SSSR count). The van der Waals surface area contributed by atoms with Gasteiger partial charge in [-0.15, -0.1) is 0 Å². The molecule has 4 aliphatic carbocycles. The van der Waals surface area contributed by atoms with E-state index in [0.29, 0.717) is 49.3 Å². The third-order valence-corrected chi connectivity index (χ3v) is 12.8. The lowest BCUT2D eigenvalue weighted by atomic mass is 9.49. The van der Waals surface area contributed by atoms with Crippen LogP contribution in [0, 0.1) is 40.3 Å². The maximum absolute atomic E-state index is 15.4. The summed E-state index contributed by atoms with van der Waals surface area (Å²) in [7, 11) is 0. The number of benzene rings is 2. The molecule has 1 amide bonds. The Labute approximate surface area is 310 Å². The number of allylic oxidation sites excluding steroid dienone is 1. The molecule has 292 valence electrons. The molecule has 3 saturated carbocycles. The highest BCUT2D eigenvalue weighted by atomic mass is 19.4. The van der Waals surface area contributed by atoms with Crippen molar-refractivity contribution in [2.45, 2.75) is 107 Å². The first kappa shape index (κ1) is 38.7. The van der Waals surface area contributed by atoms with Crippen molar-refractivity contribution in [3.63, 3.8) is 0 Å². The van der Waals surface area contributed by atoms with E-state index in [0.717, 1.165) is 11.1 Å². The van der Waals surface area contributed by atoms with E-state index in [9.17, 15) is 32.6 Å². The van der Waals surface area contributed by atoms with Crippen LogP contribution < -0.4 is 5.32 Å². The van der Waals surface area contributed by atoms with Crippen LogP contribution in [0.5, 0.6) is 0 Å². The molecule has 1 aliphatic heterocycles. The van der Waals surface area contributed by atoms with Gasteiger partial charge in [0.15, 0.2) is 12.4 Å². The van der Waals surface area contributed by atoms with E-state index in [-0.39, 0.29) is 37.7 Å². The predicted octanol–water partition coefficient (Wildman–Crippen LogP) is 8.65. The van der Waals surface area contributed by atoms with Gasteiger partial charge < -0.3 is 24.4 Å². The number of halogens is 6. The minimum atomic E-state index is -5.95. The number of carbonyl (C=O) groups is 1. The zero-order valence-electron chi connectivity index (χ0n) is 30.4. The average Bonchev–Trinajstić information content (AvgIpc) is 3.39. The molecule has 0 aromatic heterocycles. The SMILES string of the molecule is CC1(C)COC2(CCC3=C4C(CCC3(O)C2)C2CC[C@@](O)(C(F)(F)C(F)(F)F)[C@@]2(C)C[C@@H]4c2ccc(C#CCOC(=O)Nc3ccc(F)cc3)cc2)OC1. The van der Waals surface area contributed by atoms with Gasteiger partial charge in [-0.3, -0.25) is 5.32 Å². The lowest BCUT2D eigenvalue weighted by molar-refractivity contribution is -0.362. The van der Waals surface area contributed by atoms with Crippen LogP contribution >= 0.6 is 0 Å². The molecule has 2 aromatic carbocycles. The number of rotatable bonds is 4. The van der Waals surface area contributed by atoms with Crippen molar-refractivity contribution >= 4 is 11.8 Å². The minimum Gasteiger partial charge on any atom is -0.436 e. The van der Waals surface area contributed by atoms with E-state index in [1.54, 1.807) is 24.3 Å². The summed E-state index contributed by atoms with van der Waals surface area (Å²) in [5, 5.41) is 26.4. The van der Waals surface area contributed by atoms with Gasteiger partial charge >= 0.3 is 18.2 Å². The molecule has 3 N–H and O–H groups in total. The fourth-order valence-electron chi connectivity index (χ4n) is 10.0. The fraction of sp³-hybridized carbons (Fsp3) is 0.585. The largest absolute Gasteiger partial charge is 0.456 e. The molecule has 1 saturated heterocycles. The second-order valence-electron chi connectivity index (χ2n) is 16.8. The van der Waals surface area contributed by atoms with Crippen LogP contribution in [-0.4, -0.2) is 65.2 Å². The normalized spacial score (nSPS) is 32.8. The van der Waals surface area contributed by atoms with Gasteiger partial charge in [0.25, 0.3) is 0 Å². The zero-order valence-corrected chi connectivity index (χ0v) is 30.4. The number of hydrogen-bond acceptors (Lipinski definition) is 6. The van der Waals surface area contributed by atoms with Gasteiger partial charge in [-0.2, -0.15) is 22.0 Å². The molecule has 3 unspecified atom stereocenters. The minimum absolute atomic E-state index is 0.00493. The van der Waals surface area contributed by atoms with Crippen LogP contribution in [-0.2, 0) is 14.2 Å². The Morgan fingerprint density at radius 1 is 0.944 bits per heavy atom. The molecule has 6 atom stereocenters. The number of fused-ring (bicyclic) bond motifs is 4. The quantitative estimate of drug-likeness (QED) is 0.164. The van der Waals surface area contributed by atoms with Crippen molar-refractivity contribution in [1.29, 1.82) is 0 Å². The Balaban J connectivity index is 1.19. The Kier molecular flexibility index (Phi) is 9.52. The number of anilines is 1. The highest BCUT2D eigenvalue weighted by Gasteiger charge is 2.79. The van der Waals surface area contributed by atoms with E-state index >= 15 is 8.78 Å². The number of carbonyl (C=O) groups excluding carboxylic acids is 1. The van der Waals surface area contributed by atoms with Crippen molar-refractivity contribution in [1.82, 2.24) is 0 Å². The summed E-state index contributed by atoms with van der Waals surface area (Å²) >= 11 is 0. The van der Waals surface area contributed by atoms with Crippen LogP contribution in [0.4, 0.5) is 36.8 Å². The Morgan fingerprint density at radius 3 is 2.26 bits per heavy atom. The van der Waals surface area contributed by atoms with Crippen molar-refractivity contribution in [2.24, 2.45) is 22.7 Å². The lowest BCUT2D eigenvalue weighted by Gasteiger charge is -2.59. The second kappa shape index (κ2) is 13.3. The zero-order chi connectivity index (χ0) is 39.0. The topological polar surface area (TPSA) is 97.3 Å². The maximum Gasteiger partial charge on any atom is 0.456 e. The summed E-state index contributed by atoms with van der Waals surface area (Å²) in [6, 6.07) is 12.0. The van der Waals surface area contributed by atoms with Gasteiger partial charge in [-0.1, -0.05) is 50.3 Å². The standard InChI is InChI=1S/C41H45F6NO6/c1-35(2)23-53-38(54-24-35)18-15-32-33-29(14-17-37(32,50)22-38)31-16-19-39(51,40(43,44)41(45,46)47)36(31,3)21-30(33)26-8-6-25(7-9-26)5-4-20-52-34(49)48-28-12-10-27(42)11-13-28/h6-13,29-31,50-51H,14-24H2,1-3H3,(H,48,49)/t29?,30-,31?,36+,37?,39+/m1/s1. The summed E-state index contributed by atoms with van der Waals surface area (Å²) in [6.45, 7) is 6.10. The van der Waals surface area contributed by atoms with Gasteiger partial charge in [0.1, 0.15) is 11.4 Å². The van der Waals surface area contributed by atoms with Crippen LogP contribution in [0.15, 0.2) is 59.7 Å². The molecule has 7 nitrogen and oxygen atoms in total. The average molecular weight is 762 g/mol. The molecule has 0 radical (unpaired) electrons. The lowest BCUT2D eigenvalue weighted by Crippen LogP contribution is -2.65. The van der Waals surface area contributed by atoms with E-state index in [2.05, 4.69) is 17.2 Å². The first-order valence-electron chi connectivity index (χ1n) is 18.4. The molecule has 4 fully saturated rings. The predicted molar refractivity (Wildman–Crippen MR) is 186 cm³/mol. The maximum atomic E-state index is 15.4. The van der Waals surface area contributed by atoms with Crippen LogP contribution in [0.1, 0.15) is 89.2 Å². The molecule has 1 spiro atoms. The molecule has 54 heavy (non-hydrogen) atoms. The number of amides is 1. The molecule has 2 aromatic rings. The molecular weight excluding hydrogens is 716 g/mol. The monoisotopic (exact) mass is 761 g/mol. The number of nitrogens with one attached hydrogen (secondary N) is 1. The van der Waals surface area contributed by atoms with E-state index < -0.39 is 70.6 Å². The molecule has 5 aliphatic rings. The van der Waals surface area contributed by atoms with Crippen LogP contribution in [0.3, 0.4) is 0 Å². The van der Waals surface area contributed by atoms with Crippen molar-refractivity contribution in [3.8, 4) is 11.8 Å². The summed E-state index contributed by atoms with van der Waals surface area (Å²) in [5.74, 6) is -2.90. The van der Waals surface area contributed by atoms with Crippen molar-refractivity contribution in [3.05, 3.63) is 76.6 Å². The summed E-state index contributed by atoms with van der Waals surface area (Å²) in [5.41, 5.74) is -3.50. The second-order valence-corrected chi connectivity index (χ2v) is 16.8. The number of aliphatic hydroxyl groups is 2. The third-order valence-electron chi connectivity index (χ3n) is 12.8. The van der Waals surface area contributed by atoms with Crippen molar-refractivity contribution < 1.29 is 55.6 Å². The van der Waals surface area contributed by atoms with Crippen molar-refractivity contribution in [2.75, 3.05) is 25.1 Å². The van der Waals surface area contributed by atoms with E-state index in [1.807, 2.05) is 13.8 Å². The smallest absolute Gasteiger partial charge is 0.436 e. The summed E-state index contributed by atoms with van der Waals surface area (Å²) in [4.78, 5) is 12.1. The summed E-state index contributed by atoms with van der Waals surface area (Å²) in [6.07, 6.45) is -5.95. The first-order chi connectivity index (χ1) is 25.2. The van der Waals surface area contributed by atoms with Gasteiger partial charge in [0.05, 0.1) is 18.8 Å². The Hall–Kier alpha value is -3.57. The number of alkyl halides is 5. The highest BCUT2D eigenvalue weighted by Crippen LogP contribution is 2.71. The third kappa shape index (κ3) is 6.50. The van der Waals surface area contributed by atoms with Crippen LogP contribution in [0.25, 0.3) is 0 Å². The van der Waals surface area contributed by atoms with E-state index in [1.165, 1.54) is 31.2 Å². The first-order valence-corrected chi connectivity index (χ1v) is 18.4. The number of ether oxygens (including phenoxy) is 3. The summed E-state index contributed by atoms with van der Waals surface area (Å²) < 4.78 is 104. The van der Waals surface area contributed by atoms with Gasteiger partial charge in [-0.05, 0) is 97.9 Å². The Bertz CT molecular complexity index is 1860. The van der Waals surface area contributed by atoms with Gasteiger partial charge in [-0.25, -0.2) is 9.18 Å². The van der Waals surface area contributed by atoms with Crippen LogP contribution in [0.2, 0.25) is 0 Å². The van der Waals surface area contributed by atoms with E-state index in [4.69, 9.17) is 14.2 Å². The molecule has 13 heteroatoms. The molecular formula is C41H45F6NO6.